The third-order valence-electron chi connectivity index (χ3n) is 2.79. The summed E-state index contributed by atoms with van der Waals surface area (Å²) >= 11 is 4.88. The zero-order valence-corrected chi connectivity index (χ0v) is 16.0. The molecular formula is C13H23BrN2O3S2. The fourth-order valence-electron chi connectivity index (χ4n) is 1.65. The molecule has 5 nitrogen and oxygen atoms in total. The molecule has 2 N–H and O–H groups in total. The van der Waals surface area contributed by atoms with Crippen molar-refractivity contribution in [1.82, 2.24) is 10.0 Å². The van der Waals surface area contributed by atoms with Gasteiger partial charge in [0, 0.05) is 18.2 Å². The molecule has 1 unspecified atom stereocenters. The van der Waals surface area contributed by atoms with Crippen molar-refractivity contribution in [2.75, 3.05) is 12.0 Å². The summed E-state index contributed by atoms with van der Waals surface area (Å²) in [6.45, 7) is 6.39. The summed E-state index contributed by atoms with van der Waals surface area (Å²) in [6, 6.07) is 1.75. The molecule has 21 heavy (non-hydrogen) atoms. The normalized spacial score (nSPS) is 13.8. The van der Waals surface area contributed by atoms with Crippen LogP contribution in [0, 0.1) is 0 Å². The highest BCUT2D eigenvalue weighted by molar-refractivity contribution is 9.10. The van der Waals surface area contributed by atoms with Gasteiger partial charge >= 0.3 is 0 Å². The second kappa shape index (κ2) is 8.57. The van der Waals surface area contributed by atoms with Gasteiger partial charge in [-0.1, -0.05) is 13.8 Å². The first-order valence-corrected chi connectivity index (χ1v) is 10.5. The molecule has 0 aliphatic rings. The molecule has 0 aromatic carbocycles. The molecule has 0 spiro atoms. The van der Waals surface area contributed by atoms with Gasteiger partial charge in [0.05, 0.1) is 6.54 Å². The van der Waals surface area contributed by atoms with Crippen LogP contribution in [0.3, 0.4) is 0 Å². The highest BCUT2D eigenvalue weighted by atomic mass is 79.9. The summed E-state index contributed by atoms with van der Waals surface area (Å²) in [5.74, 6) is 1.51. The van der Waals surface area contributed by atoms with Crippen LogP contribution in [0.1, 0.15) is 33.0 Å². The molecule has 1 aromatic rings. The largest absolute Gasteiger partial charge is 0.452 e. The van der Waals surface area contributed by atoms with Crippen LogP contribution in [0.5, 0.6) is 0 Å². The van der Waals surface area contributed by atoms with Gasteiger partial charge in [-0.15, -0.1) is 0 Å². The van der Waals surface area contributed by atoms with Gasteiger partial charge in [0.2, 0.25) is 10.0 Å². The number of furan rings is 1. The Hall–Kier alpha value is -0.0200. The molecule has 0 amide bonds. The van der Waals surface area contributed by atoms with Gasteiger partial charge in [0.15, 0.2) is 4.67 Å². The first kappa shape index (κ1) is 19.0. The van der Waals surface area contributed by atoms with Crippen molar-refractivity contribution in [2.45, 2.75) is 50.7 Å². The van der Waals surface area contributed by atoms with Gasteiger partial charge in [0.1, 0.15) is 10.7 Å². The molecule has 8 heteroatoms. The number of rotatable bonds is 9. The summed E-state index contributed by atoms with van der Waals surface area (Å²) < 4.78 is 33.1. The number of hydrogen-bond acceptors (Lipinski definition) is 5. The summed E-state index contributed by atoms with van der Waals surface area (Å²) in [4.78, 5) is 0.152. The molecule has 0 radical (unpaired) electrons. The zero-order chi connectivity index (χ0) is 16.0. The van der Waals surface area contributed by atoms with Gasteiger partial charge in [-0.2, -0.15) is 11.8 Å². The lowest BCUT2D eigenvalue weighted by Gasteiger charge is -2.12. The van der Waals surface area contributed by atoms with E-state index in [9.17, 15) is 8.42 Å². The Morgan fingerprint density at radius 1 is 1.38 bits per heavy atom. The maximum Gasteiger partial charge on any atom is 0.245 e. The second-order valence-electron chi connectivity index (χ2n) is 5.19. The van der Waals surface area contributed by atoms with Crippen molar-refractivity contribution in [3.05, 3.63) is 16.5 Å². The van der Waals surface area contributed by atoms with Crippen LogP contribution >= 0.6 is 27.7 Å². The van der Waals surface area contributed by atoms with Gasteiger partial charge in [-0.05, 0) is 41.3 Å². The van der Waals surface area contributed by atoms with Crippen LogP contribution in [-0.2, 0) is 16.6 Å². The van der Waals surface area contributed by atoms with Crippen LogP contribution < -0.4 is 10.0 Å². The van der Waals surface area contributed by atoms with E-state index in [4.69, 9.17) is 4.42 Å². The van der Waals surface area contributed by atoms with Crippen molar-refractivity contribution in [3.8, 4) is 0 Å². The van der Waals surface area contributed by atoms with Crippen LogP contribution in [0.4, 0.5) is 0 Å². The molecule has 0 saturated heterocycles. The minimum Gasteiger partial charge on any atom is -0.452 e. The molecule has 0 bridgehead atoms. The number of hydrogen-bond donors (Lipinski definition) is 2. The van der Waals surface area contributed by atoms with Gasteiger partial charge in [-0.25, -0.2) is 13.1 Å². The SMILES string of the molecule is CSCCC(C)NS(=O)(=O)c1cc(CNC(C)C)oc1Br. The number of sulfonamides is 1. The van der Waals surface area contributed by atoms with Crippen LogP contribution in [0.2, 0.25) is 0 Å². The van der Waals surface area contributed by atoms with Crippen molar-refractivity contribution in [3.63, 3.8) is 0 Å². The van der Waals surface area contributed by atoms with E-state index in [1.54, 1.807) is 17.8 Å². The Morgan fingerprint density at radius 3 is 2.62 bits per heavy atom. The van der Waals surface area contributed by atoms with Gasteiger partial charge in [0.25, 0.3) is 0 Å². The van der Waals surface area contributed by atoms with Gasteiger partial charge < -0.3 is 9.73 Å². The molecular weight excluding hydrogens is 376 g/mol. The maximum atomic E-state index is 12.3. The molecule has 1 heterocycles. The van der Waals surface area contributed by atoms with E-state index in [1.807, 2.05) is 27.0 Å². The fraction of sp³-hybridized carbons (Fsp3) is 0.692. The summed E-state index contributed by atoms with van der Waals surface area (Å²) in [5.41, 5.74) is 0. The summed E-state index contributed by atoms with van der Waals surface area (Å²) in [7, 11) is -3.57. The Balaban J connectivity index is 2.78. The first-order valence-electron chi connectivity index (χ1n) is 6.79. The van der Waals surface area contributed by atoms with E-state index < -0.39 is 10.0 Å². The molecule has 0 aliphatic heterocycles. The maximum absolute atomic E-state index is 12.3. The molecule has 1 aromatic heterocycles. The standard InChI is InChI=1S/C13H23BrN2O3S2/c1-9(2)15-8-11-7-12(13(14)19-11)21(17,18)16-10(3)5-6-20-4/h7,9-10,15-16H,5-6,8H2,1-4H3. The topological polar surface area (TPSA) is 71.3 Å². The van der Waals surface area contributed by atoms with E-state index in [1.165, 1.54) is 0 Å². The highest BCUT2D eigenvalue weighted by Crippen LogP contribution is 2.26. The summed E-state index contributed by atoms with van der Waals surface area (Å²) in [5, 5.41) is 3.19. The van der Waals surface area contributed by atoms with Crippen LogP contribution in [0.25, 0.3) is 0 Å². The van der Waals surface area contributed by atoms with Crippen molar-refractivity contribution >= 4 is 37.7 Å². The van der Waals surface area contributed by atoms with E-state index in [0.717, 1.165) is 12.2 Å². The minimum atomic E-state index is -3.57. The smallest absolute Gasteiger partial charge is 0.245 e. The van der Waals surface area contributed by atoms with Crippen molar-refractivity contribution in [2.24, 2.45) is 0 Å². The fourth-order valence-corrected chi connectivity index (χ4v) is 4.52. The molecule has 1 atom stereocenters. The molecule has 0 fully saturated rings. The number of thioether (sulfide) groups is 1. The number of nitrogens with one attached hydrogen (secondary N) is 2. The highest BCUT2D eigenvalue weighted by Gasteiger charge is 2.24. The molecule has 0 saturated carbocycles. The van der Waals surface area contributed by atoms with Crippen LogP contribution in [-0.4, -0.2) is 32.5 Å². The molecule has 0 aliphatic carbocycles. The third-order valence-corrected chi connectivity index (χ3v) is 5.88. The van der Waals surface area contributed by atoms with Gasteiger partial charge in [-0.3, -0.25) is 0 Å². The van der Waals surface area contributed by atoms with Crippen molar-refractivity contribution < 1.29 is 12.8 Å². The monoisotopic (exact) mass is 398 g/mol. The predicted octanol–water partition coefficient (Wildman–Crippen LogP) is 2.96. The van der Waals surface area contributed by atoms with Crippen LogP contribution in [0.15, 0.2) is 20.0 Å². The van der Waals surface area contributed by atoms with E-state index in [2.05, 4.69) is 26.0 Å². The van der Waals surface area contributed by atoms with E-state index in [-0.39, 0.29) is 15.6 Å². The quantitative estimate of drug-likeness (QED) is 0.668. The lowest BCUT2D eigenvalue weighted by Crippen LogP contribution is -2.33. The second-order valence-corrected chi connectivity index (χ2v) is 8.58. The third kappa shape index (κ3) is 6.32. The Morgan fingerprint density at radius 2 is 2.05 bits per heavy atom. The Labute approximate surface area is 139 Å². The van der Waals surface area contributed by atoms with Crippen molar-refractivity contribution in [1.29, 1.82) is 0 Å². The average molecular weight is 399 g/mol. The predicted molar refractivity (Wildman–Crippen MR) is 91.2 cm³/mol. The minimum absolute atomic E-state index is 0.110. The lowest BCUT2D eigenvalue weighted by molar-refractivity contribution is 0.446. The Kier molecular flexibility index (Phi) is 7.77. The van der Waals surface area contributed by atoms with E-state index >= 15 is 0 Å². The lowest BCUT2D eigenvalue weighted by atomic mass is 10.3. The average Bonchev–Trinajstić information content (AvgIpc) is 2.75. The Bertz CT molecular complexity index is 544. The number of halogens is 1. The van der Waals surface area contributed by atoms with E-state index in [0.29, 0.717) is 18.3 Å². The summed E-state index contributed by atoms with van der Waals surface area (Å²) in [6.07, 6.45) is 2.79. The first-order chi connectivity index (χ1) is 9.76. The zero-order valence-electron chi connectivity index (χ0n) is 12.8. The molecule has 1 rings (SSSR count). The molecule has 122 valence electrons.